The summed E-state index contributed by atoms with van der Waals surface area (Å²) in [5.74, 6) is 1.63. The van der Waals surface area contributed by atoms with E-state index >= 15 is 0 Å². The average Bonchev–Trinajstić information content (AvgIpc) is 2.68. The molecular weight excluding hydrogens is 226 g/mol. The summed E-state index contributed by atoms with van der Waals surface area (Å²) in [4.78, 5) is 0. The number of ether oxygens (including phenoxy) is 1. The highest BCUT2D eigenvalue weighted by atomic mass is 16.5. The summed E-state index contributed by atoms with van der Waals surface area (Å²) in [5, 5.41) is 14.1. The summed E-state index contributed by atoms with van der Waals surface area (Å²) < 4.78 is 5.48. The number of rotatable bonds is 4. The molecule has 2 N–H and O–H groups in total. The maximum absolute atomic E-state index is 10.5. The van der Waals surface area contributed by atoms with Gasteiger partial charge in [0.05, 0.1) is 6.10 Å². The second kappa shape index (κ2) is 5.89. The van der Waals surface area contributed by atoms with Crippen LogP contribution in [0.4, 0.5) is 0 Å². The van der Waals surface area contributed by atoms with Crippen LogP contribution in [-0.2, 0) is 4.74 Å². The van der Waals surface area contributed by atoms with Gasteiger partial charge < -0.3 is 15.2 Å². The van der Waals surface area contributed by atoms with E-state index in [9.17, 15) is 5.11 Å². The quantitative estimate of drug-likeness (QED) is 0.810. The van der Waals surface area contributed by atoms with Crippen LogP contribution in [0.5, 0.6) is 0 Å². The predicted octanol–water partition coefficient (Wildman–Crippen LogP) is 2.33. The molecule has 4 unspecified atom stereocenters. The standard InChI is InChI=1S/C15H29NO2/c1-11(2)13-5-4-6-14(9-13)16-10-15(17)7-8-18-12(15)3/h11-14,16-17H,4-10H2,1-3H3. The molecule has 106 valence electrons. The first kappa shape index (κ1) is 14.3. The lowest BCUT2D eigenvalue weighted by molar-refractivity contribution is -0.0288. The molecule has 0 bridgehead atoms. The second-order valence-electron chi connectivity index (χ2n) is 6.62. The van der Waals surface area contributed by atoms with Gasteiger partial charge in [-0.15, -0.1) is 0 Å². The van der Waals surface area contributed by atoms with Gasteiger partial charge in [-0.05, 0) is 31.6 Å². The molecule has 1 aliphatic carbocycles. The number of aliphatic hydroxyl groups is 1. The zero-order chi connectivity index (χ0) is 13.2. The minimum absolute atomic E-state index is 0.0329. The van der Waals surface area contributed by atoms with E-state index in [1.54, 1.807) is 0 Å². The maximum atomic E-state index is 10.5. The van der Waals surface area contributed by atoms with Gasteiger partial charge in [0.1, 0.15) is 5.60 Å². The van der Waals surface area contributed by atoms with Crippen LogP contribution in [0.15, 0.2) is 0 Å². The Morgan fingerprint density at radius 3 is 2.78 bits per heavy atom. The fraction of sp³-hybridized carbons (Fsp3) is 1.00. The van der Waals surface area contributed by atoms with Crippen molar-refractivity contribution in [3.63, 3.8) is 0 Å². The molecule has 3 heteroatoms. The summed E-state index contributed by atoms with van der Waals surface area (Å²) in [6, 6.07) is 0.586. The van der Waals surface area contributed by atoms with Crippen molar-refractivity contribution in [1.29, 1.82) is 0 Å². The largest absolute Gasteiger partial charge is 0.386 e. The van der Waals surface area contributed by atoms with Gasteiger partial charge in [-0.3, -0.25) is 0 Å². The molecule has 3 nitrogen and oxygen atoms in total. The van der Waals surface area contributed by atoms with E-state index in [2.05, 4.69) is 19.2 Å². The first-order chi connectivity index (χ1) is 8.51. The second-order valence-corrected chi connectivity index (χ2v) is 6.62. The molecule has 1 aliphatic heterocycles. The van der Waals surface area contributed by atoms with E-state index in [0.717, 1.165) is 18.3 Å². The first-order valence-electron chi connectivity index (χ1n) is 7.58. The van der Waals surface area contributed by atoms with Crippen LogP contribution in [-0.4, -0.2) is 36.0 Å². The molecule has 1 saturated heterocycles. The van der Waals surface area contributed by atoms with Gasteiger partial charge in [-0.2, -0.15) is 0 Å². The van der Waals surface area contributed by atoms with Gasteiger partial charge in [-0.1, -0.05) is 26.7 Å². The summed E-state index contributed by atoms with van der Waals surface area (Å²) in [5.41, 5.74) is -0.648. The number of nitrogens with one attached hydrogen (secondary N) is 1. The molecule has 0 amide bonds. The smallest absolute Gasteiger partial charge is 0.105 e. The molecule has 0 spiro atoms. The van der Waals surface area contributed by atoms with E-state index in [-0.39, 0.29) is 6.10 Å². The minimum Gasteiger partial charge on any atom is -0.386 e. The lowest BCUT2D eigenvalue weighted by atomic mass is 9.79. The zero-order valence-corrected chi connectivity index (χ0v) is 12.1. The molecule has 0 radical (unpaired) electrons. The van der Waals surface area contributed by atoms with Crippen LogP contribution in [0.25, 0.3) is 0 Å². The van der Waals surface area contributed by atoms with Crippen molar-refractivity contribution in [2.24, 2.45) is 11.8 Å². The van der Waals surface area contributed by atoms with Crippen molar-refractivity contribution < 1.29 is 9.84 Å². The summed E-state index contributed by atoms with van der Waals surface area (Å²) >= 11 is 0. The van der Waals surface area contributed by atoms with Crippen LogP contribution in [0.2, 0.25) is 0 Å². The van der Waals surface area contributed by atoms with Gasteiger partial charge >= 0.3 is 0 Å². The van der Waals surface area contributed by atoms with Crippen molar-refractivity contribution in [2.45, 2.75) is 70.6 Å². The third kappa shape index (κ3) is 3.25. The van der Waals surface area contributed by atoms with Gasteiger partial charge in [-0.25, -0.2) is 0 Å². The van der Waals surface area contributed by atoms with Crippen LogP contribution in [0, 0.1) is 11.8 Å². The van der Waals surface area contributed by atoms with Crippen molar-refractivity contribution in [1.82, 2.24) is 5.32 Å². The predicted molar refractivity (Wildman–Crippen MR) is 73.6 cm³/mol. The maximum Gasteiger partial charge on any atom is 0.105 e. The lowest BCUT2D eigenvalue weighted by Gasteiger charge is -2.35. The third-order valence-electron chi connectivity index (χ3n) is 5.01. The Hall–Kier alpha value is -0.120. The SMILES string of the molecule is CC(C)C1CCCC(NCC2(O)CCOC2C)C1. The summed E-state index contributed by atoms with van der Waals surface area (Å²) in [6.45, 7) is 8.01. The molecule has 4 atom stereocenters. The van der Waals surface area contributed by atoms with Crippen LogP contribution < -0.4 is 5.32 Å². The monoisotopic (exact) mass is 255 g/mol. The van der Waals surface area contributed by atoms with Crippen LogP contribution in [0.1, 0.15) is 52.9 Å². The van der Waals surface area contributed by atoms with Crippen LogP contribution >= 0.6 is 0 Å². The molecule has 1 saturated carbocycles. The molecule has 2 fully saturated rings. The minimum atomic E-state index is -0.648. The highest BCUT2D eigenvalue weighted by molar-refractivity contribution is 4.93. The Morgan fingerprint density at radius 1 is 1.39 bits per heavy atom. The molecule has 0 aromatic heterocycles. The zero-order valence-electron chi connectivity index (χ0n) is 12.1. The topological polar surface area (TPSA) is 41.5 Å². The molecule has 1 heterocycles. The Labute approximate surface area is 111 Å². The normalized spacial score (nSPS) is 41.5. The lowest BCUT2D eigenvalue weighted by Crippen LogP contribution is -2.49. The number of hydrogen-bond acceptors (Lipinski definition) is 3. The molecular formula is C15H29NO2. The fourth-order valence-electron chi connectivity index (χ4n) is 3.34. The Kier molecular flexibility index (Phi) is 4.68. The van der Waals surface area contributed by atoms with Gasteiger partial charge in [0.25, 0.3) is 0 Å². The van der Waals surface area contributed by atoms with Crippen LogP contribution in [0.3, 0.4) is 0 Å². The highest BCUT2D eigenvalue weighted by Gasteiger charge is 2.39. The molecule has 0 aromatic rings. The first-order valence-corrected chi connectivity index (χ1v) is 7.58. The van der Waals surface area contributed by atoms with Gasteiger partial charge in [0.2, 0.25) is 0 Å². The summed E-state index contributed by atoms with van der Waals surface area (Å²) in [6.07, 6.45) is 5.96. The molecule has 0 aromatic carbocycles. The highest BCUT2D eigenvalue weighted by Crippen LogP contribution is 2.31. The van der Waals surface area contributed by atoms with Gasteiger partial charge in [0, 0.05) is 25.6 Å². The van der Waals surface area contributed by atoms with Crippen molar-refractivity contribution in [2.75, 3.05) is 13.2 Å². The van der Waals surface area contributed by atoms with Crippen molar-refractivity contribution in [3.8, 4) is 0 Å². The Morgan fingerprint density at radius 2 is 2.17 bits per heavy atom. The Bertz CT molecular complexity index is 269. The van der Waals surface area contributed by atoms with E-state index in [4.69, 9.17) is 4.74 Å². The average molecular weight is 255 g/mol. The summed E-state index contributed by atoms with van der Waals surface area (Å²) in [7, 11) is 0. The van der Waals surface area contributed by atoms with E-state index < -0.39 is 5.60 Å². The molecule has 18 heavy (non-hydrogen) atoms. The van der Waals surface area contributed by atoms with Gasteiger partial charge in [0.15, 0.2) is 0 Å². The Balaban J connectivity index is 1.79. The molecule has 2 rings (SSSR count). The van der Waals surface area contributed by atoms with E-state index in [1.165, 1.54) is 25.7 Å². The number of hydrogen-bond donors (Lipinski definition) is 2. The fourth-order valence-corrected chi connectivity index (χ4v) is 3.34. The van der Waals surface area contributed by atoms with Crippen molar-refractivity contribution in [3.05, 3.63) is 0 Å². The van der Waals surface area contributed by atoms with E-state index in [1.807, 2.05) is 6.92 Å². The third-order valence-corrected chi connectivity index (χ3v) is 5.01. The van der Waals surface area contributed by atoms with Crippen molar-refractivity contribution >= 4 is 0 Å². The van der Waals surface area contributed by atoms with E-state index in [0.29, 0.717) is 19.2 Å². The molecule has 2 aliphatic rings.